The Morgan fingerprint density at radius 2 is 1.88 bits per heavy atom. The van der Waals surface area contributed by atoms with E-state index < -0.39 is 0 Å². The van der Waals surface area contributed by atoms with Gasteiger partial charge in [-0.1, -0.05) is 36.7 Å². The van der Waals surface area contributed by atoms with Crippen LogP contribution in [0, 0.1) is 11.8 Å². The maximum absolute atomic E-state index is 11.3. The van der Waals surface area contributed by atoms with E-state index in [1.165, 1.54) is 0 Å². The van der Waals surface area contributed by atoms with Crippen LogP contribution in [0.25, 0.3) is 0 Å². The summed E-state index contributed by atoms with van der Waals surface area (Å²) in [6, 6.07) is 0. The highest BCUT2D eigenvalue weighted by Gasteiger charge is 2.14. The van der Waals surface area contributed by atoms with E-state index in [-0.39, 0.29) is 23.8 Å². The van der Waals surface area contributed by atoms with Crippen molar-refractivity contribution in [2.45, 2.75) is 33.6 Å². The van der Waals surface area contributed by atoms with Crippen LogP contribution in [0.1, 0.15) is 33.6 Å². The van der Waals surface area contributed by atoms with Crippen LogP contribution in [0.4, 0.5) is 0 Å². The highest BCUT2D eigenvalue weighted by molar-refractivity contribution is 9.09. The number of alkyl halides is 1. The normalized spacial score (nSPS) is 12.3. The molecule has 17 heavy (non-hydrogen) atoms. The highest BCUT2D eigenvalue weighted by Crippen LogP contribution is 2.10. The third kappa shape index (κ3) is 8.18. The molecule has 0 aromatic heterocycles. The number of halogens is 1. The largest absolute Gasteiger partial charge is 0.466 e. The monoisotopic (exact) mass is 308 g/mol. The number of carbonyl (C=O) groups is 2. The Kier molecular flexibility index (Phi) is 9.13. The van der Waals surface area contributed by atoms with Crippen molar-refractivity contribution < 1.29 is 19.1 Å². The summed E-state index contributed by atoms with van der Waals surface area (Å²) in [5, 5.41) is 0.724. The van der Waals surface area contributed by atoms with Gasteiger partial charge in [-0.2, -0.15) is 0 Å². The maximum Gasteiger partial charge on any atom is 0.308 e. The molecule has 0 aromatic rings. The lowest BCUT2D eigenvalue weighted by Crippen LogP contribution is -2.20. The van der Waals surface area contributed by atoms with Gasteiger partial charge in [0.25, 0.3) is 0 Å². The molecule has 1 unspecified atom stereocenters. The second-order valence-corrected chi connectivity index (χ2v) is 4.82. The van der Waals surface area contributed by atoms with E-state index in [2.05, 4.69) is 15.9 Å². The molecule has 0 heterocycles. The quantitative estimate of drug-likeness (QED) is 0.511. The summed E-state index contributed by atoms with van der Waals surface area (Å²) in [4.78, 5) is 22.2. The predicted octanol–water partition coefficient (Wildman–Crippen LogP) is 2.54. The molecule has 4 nitrogen and oxygen atoms in total. The third-order valence-electron chi connectivity index (χ3n) is 2.23. The first-order valence-electron chi connectivity index (χ1n) is 5.89. The van der Waals surface area contributed by atoms with Gasteiger partial charge in [0.1, 0.15) is 0 Å². The summed E-state index contributed by atoms with van der Waals surface area (Å²) < 4.78 is 10.1. The van der Waals surface area contributed by atoms with E-state index in [4.69, 9.17) is 9.47 Å². The van der Waals surface area contributed by atoms with Crippen LogP contribution in [-0.2, 0) is 19.1 Å². The van der Waals surface area contributed by atoms with Gasteiger partial charge >= 0.3 is 11.9 Å². The van der Waals surface area contributed by atoms with Gasteiger partial charge in [-0.15, -0.1) is 0 Å². The maximum atomic E-state index is 11.3. The van der Waals surface area contributed by atoms with Gasteiger partial charge in [0.2, 0.25) is 0 Å². The van der Waals surface area contributed by atoms with Crippen LogP contribution in [-0.4, -0.2) is 30.5 Å². The van der Waals surface area contributed by atoms with Gasteiger partial charge < -0.3 is 9.47 Å². The van der Waals surface area contributed by atoms with Crippen molar-refractivity contribution in [2.24, 2.45) is 11.8 Å². The number of hydrogen-bond acceptors (Lipinski definition) is 4. The fourth-order valence-corrected chi connectivity index (χ4v) is 1.52. The summed E-state index contributed by atoms with van der Waals surface area (Å²) in [7, 11) is 0. The molecule has 0 fully saturated rings. The molecule has 1 atom stereocenters. The molecule has 0 bridgehead atoms. The van der Waals surface area contributed by atoms with Crippen LogP contribution in [0.3, 0.4) is 0 Å². The molecule has 0 saturated carbocycles. The Hall–Kier alpha value is -0.580. The van der Waals surface area contributed by atoms with E-state index in [1.807, 2.05) is 0 Å². The van der Waals surface area contributed by atoms with Gasteiger partial charge in [0, 0.05) is 17.7 Å². The summed E-state index contributed by atoms with van der Waals surface area (Å²) in [6.07, 6.45) is 1.09. The minimum Gasteiger partial charge on any atom is -0.466 e. The van der Waals surface area contributed by atoms with Gasteiger partial charge in [-0.3, -0.25) is 9.59 Å². The number of carbonyl (C=O) groups excluding carboxylic acids is 2. The van der Waals surface area contributed by atoms with E-state index in [0.29, 0.717) is 26.1 Å². The molecule has 0 radical (unpaired) electrons. The molecule has 0 saturated heterocycles. The van der Waals surface area contributed by atoms with Crippen molar-refractivity contribution in [1.82, 2.24) is 0 Å². The van der Waals surface area contributed by atoms with Crippen molar-refractivity contribution in [2.75, 3.05) is 18.5 Å². The highest BCUT2D eigenvalue weighted by atomic mass is 79.9. The summed E-state index contributed by atoms with van der Waals surface area (Å²) in [6.45, 7) is 6.10. The number of hydrogen-bond donors (Lipinski definition) is 0. The molecule has 0 amide bonds. The summed E-state index contributed by atoms with van der Waals surface area (Å²) in [5.41, 5.74) is 0. The van der Waals surface area contributed by atoms with Gasteiger partial charge in [-0.05, 0) is 6.42 Å². The second kappa shape index (κ2) is 9.45. The minimum atomic E-state index is -0.197. The van der Waals surface area contributed by atoms with E-state index >= 15 is 0 Å². The molecule has 0 aliphatic rings. The second-order valence-electron chi connectivity index (χ2n) is 4.17. The third-order valence-corrected chi connectivity index (χ3v) is 3.14. The predicted molar refractivity (Wildman–Crippen MR) is 68.9 cm³/mol. The fraction of sp³-hybridized carbons (Fsp3) is 0.833. The summed E-state index contributed by atoms with van der Waals surface area (Å²) >= 11 is 3.36. The lowest BCUT2D eigenvalue weighted by atomic mass is 10.1. The van der Waals surface area contributed by atoms with Crippen molar-refractivity contribution in [3.05, 3.63) is 0 Å². The molecule has 100 valence electrons. The Balaban J connectivity index is 3.77. The molecule has 0 spiro atoms. The van der Waals surface area contributed by atoms with Gasteiger partial charge in [0.15, 0.2) is 0 Å². The molecule has 0 rings (SSSR count). The number of esters is 2. The van der Waals surface area contributed by atoms with Crippen molar-refractivity contribution in [3.63, 3.8) is 0 Å². The molecule has 0 N–H and O–H groups in total. The smallest absolute Gasteiger partial charge is 0.308 e. The lowest BCUT2D eigenvalue weighted by Gasteiger charge is -2.15. The Bertz CT molecular complexity index is 241. The first-order valence-corrected chi connectivity index (χ1v) is 7.01. The zero-order valence-electron chi connectivity index (χ0n) is 10.7. The topological polar surface area (TPSA) is 52.6 Å². The Morgan fingerprint density at radius 1 is 1.24 bits per heavy atom. The number of rotatable bonds is 8. The summed E-state index contributed by atoms with van der Waals surface area (Å²) in [5.74, 6) is -0.315. The van der Waals surface area contributed by atoms with Crippen LogP contribution < -0.4 is 0 Å². The van der Waals surface area contributed by atoms with Crippen molar-refractivity contribution in [3.8, 4) is 0 Å². The van der Waals surface area contributed by atoms with Gasteiger partial charge in [0.05, 0.1) is 19.1 Å². The molecule has 0 aliphatic heterocycles. The SMILES string of the molecule is CCC(=O)OCCC(CBr)COC(=O)C(C)C. The molecule has 0 aliphatic carbocycles. The zero-order valence-corrected chi connectivity index (χ0v) is 12.3. The van der Waals surface area contributed by atoms with Crippen LogP contribution in [0.15, 0.2) is 0 Å². The first-order chi connectivity index (χ1) is 8.01. The number of ether oxygens (including phenoxy) is 2. The Labute approximate surface area is 111 Å². The van der Waals surface area contributed by atoms with Crippen LogP contribution in [0.5, 0.6) is 0 Å². The van der Waals surface area contributed by atoms with E-state index in [0.717, 1.165) is 5.33 Å². The molecule has 5 heteroatoms. The van der Waals surface area contributed by atoms with Crippen molar-refractivity contribution >= 4 is 27.9 Å². The molecular weight excluding hydrogens is 288 g/mol. The molecule has 0 aromatic carbocycles. The lowest BCUT2D eigenvalue weighted by molar-refractivity contribution is -0.149. The fourth-order valence-electron chi connectivity index (χ4n) is 1.01. The van der Waals surface area contributed by atoms with E-state index in [9.17, 15) is 9.59 Å². The average Bonchev–Trinajstić information content (AvgIpc) is 2.32. The first kappa shape index (κ1) is 16.4. The Morgan fingerprint density at radius 3 is 2.35 bits per heavy atom. The zero-order chi connectivity index (χ0) is 13.3. The van der Waals surface area contributed by atoms with E-state index in [1.54, 1.807) is 20.8 Å². The van der Waals surface area contributed by atoms with Crippen molar-refractivity contribution in [1.29, 1.82) is 0 Å². The van der Waals surface area contributed by atoms with Gasteiger partial charge in [-0.25, -0.2) is 0 Å². The van der Waals surface area contributed by atoms with Crippen LogP contribution >= 0.6 is 15.9 Å². The standard InChI is InChI=1S/C12H21BrO4/c1-4-11(14)16-6-5-10(7-13)8-17-12(15)9(2)3/h9-10H,4-8H2,1-3H3. The molecular formula is C12H21BrO4. The average molecular weight is 309 g/mol. The van der Waals surface area contributed by atoms with Crippen LogP contribution in [0.2, 0.25) is 0 Å². The minimum absolute atomic E-state index is 0.108.